The molecule has 1 amide bonds. The van der Waals surface area contributed by atoms with E-state index < -0.39 is 16.1 Å². The van der Waals surface area contributed by atoms with E-state index in [9.17, 15) is 17.6 Å². The van der Waals surface area contributed by atoms with Crippen LogP contribution in [0.15, 0.2) is 42.7 Å². The van der Waals surface area contributed by atoms with Crippen LogP contribution in [0.4, 0.5) is 10.1 Å². The van der Waals surface area contributed by atoms with E-state index in [4.69, 9.17) is 9.47 Å². The van der Waals surface area contributed by atoms with Crippen LogP contribution in [0.3, 0.4) is 0 Å². The Morgan fingerprint density at radius 1 is 1.29 bits per heavy atom. The number of carbonyl (C=O) groups is 1. The molecule has 4 heterocycles. The van der Waals surface area contributed by atoms with Gasteiger partial charge >= 0.3 is 29.6 Å². The Bertz CT molecular complexity index is 1410. The van der Waals surface area contributed by atoms with E-state index in [0.717, 1.165) is 41.4 Å². The summed E-state index contributed by atoms with van der Waals surface area (Å²) in [5.74, 6) is -0.583. The number of hydrogen-bond donors (Lipinski definition) is 0. The summed E-state index contributed by atoms with van der Waals surface area (Å²) in [6.07, 6.45) is 5.43. The molecular formula is C25H29FN5NaO5S. The molecule has 2 aliphatic rings. The summed E-state index contributed by atoms with van der Waals surface area (Å²) in [5, 5.41) is 4.19. The molecule has 2 aromatic heterocycles. The smallest absolute Gasteiger partial charge is 0.528 e. The fourth-order valence-corrected chi connectivity index (χ4v) is 5.54. The number of carbonyl (C=O) groups excluding carboxylic acids is 1. The van der Waals surface area contributed by atoms with Crippen molar-refractivity contribution in [2.24, 2.45) is 0 Å². The maximum Gasteiger partial charge on any atom is 1.00 e. The quantitative estimate of drug-likeness (QED) is 0.378. The van der Waals surface area contributed by atoms with Gasteiger partial charge in [0.25, 0.3) is 0 Å². The number of ether oxygens (including phenoxy) is 2. The number of fused-ring (bicyclic) bond motifs is 1. The summed E-state index contributed by atoms with van der Waals surface area (Å²) in [5.41, 5.74) is 2.09. The maximum absolute atomic E-state index is 14.4. The average Bonchev–Trinajstić information content (AvgIpc) is 3.64. The molecule has 3 aromatic rings. The summed E-state index contributed by atoms with van der Waals surface area (Å²) in [6.45, 7) is 3.72. The van der Waals surface area contributed by atoms with Crippen LogP contribution in [0.25, 0.3) is 10.2 Å². The van der Waals surface area contributed by atoms with Crippen molar-refractivity contribution in [3.05, 3.63) is 64.4 Å². The first kappa shape index (κ1) is 28.8. The molecule has 2 fully saturated rings. The van der Waals surface area contributed by atoms with Gasteiger partial charge in [0.2, 0.25) is 0 Å². The molecule has 10 nitrogen and oxygen atoms in total. The number of nitrogens with zero attached hydrogens (tertiary/aromatic N) is 5. The number of halogens is 1. The fourth-order valence-electron chi connectivity index (χ4n) is 4.77. The number of aromatic nitrogens is 2. The predicted octanol–water partition coefficient (Wildman–Crippen LogP) is 0.697. The maximum atomic E-state index is 14.4. The van der Waals surface area contributed by atoms with Gasteiger partial charge in [-0.15, -0.1) is 0 Å². The van der Waals surface area contributed by atoms with E-state index in [0.29, 0.717) is 24.5 Å². The zero-order chi connectivity index (χ0) is 26.2. The van der Waals surface area contributed by atoms with Crippen LogP contribution in [0.1, 0.15) is 48.1 Å². The van der Waals surface area contributed by atoms with Gasteiger partial charge in [0.1, 0.15) is 17.7 Å². The van der Waals surface area contributed by atoms with Crippen LogP contribution >= 0.6 is 0 Å². The zero-order valence-corrected chi connectivity index (χ0v) is 24.5. The van der Waals surface area contributed by atoms with Crippen molar-refractivity contribution in [1.82, 2.24) is 13.9 Å². The number of anilines is 1. The van der Waals surface area contributed by atoms with Crippen molar-refractivity contribution in [2.45, 2.75) is 38.3 Å². The number of benzene rings is 1. The van der Waals surface area contributed by atoms with E-state index in [2.05, 4.69) is 14.7 Å². The summed E-state index contributed by atoms with van der Waals surface area (Å²) >= 11 is 0. The third kappa shape index (κ3) is 5.85. The second-order valence-corrected chi connectivity index (χ2v) is 10.9. The zero-order valence-electron chi connectivity index (χ0n) is 21.7. The molecule has 1 unspecified atom stereocenters. The first-order chi connectivity index (χ1) is 17.8. The molecule has 2 saturated heterocycles. The van der Waals surface area contributed by atoms with Crippen LogP contribution in [0, 0.1) is 5.82 Å². The van der Waals surface area contributed by atoms with Gasteiger partial charge in [-0.1, -0.05) is 6.92 Å². The van der Waals surface area contributed by atoms with E-state index in [1.165, 1.54) is 29.9 Å². The van der Waals surface area contributed by atoms with Gasteiger partial charge in [0.15, 0.2) is 10.2 Å². The summed E-state index contributed by atoms with van der Waals surface area (Å²) in [4.78, 5) is 15.0. The van der Waals surface area contributed by atoms with Gasteiger partial charge in [-0.3, -0.25) is 0 Å². The molecule has 2 atom stereocenters. The van der Waals surface area contributed by atoms with Crippen LogP contribution in [-0.4, -0.2) is 67.7 Å². The van der Waals surface area contributed by atoms with E-state index in [-0.39, 0.29) is 59.6 Å². The molecule has 1 aromatic carbocycles. The third-order valence-corrected chi connectivity index (χ3v) is 8.31. The predicted molar refractivity (Wildman–Crippen MR) is 136 cm³/mol. The van der Waals surface area contributed by atoms with Crippen molar-refractivity contribution >= 4 is 27.3 Å². The molecule has 0 N–H and O–H groups in total. The molecule has 0 spiro atoms. The molecule has 13 heteroatoms. The van der Waals surface area contributed by atoms with Crippen LogP contribution in [-0.2, 0) is 14.9 Å². The molecule has 5 rings (SSSR count). The van der Waals surface area contributed by atoms with E-state index >= 15 is 0 Å². The fraction of sp³-hybridized carbons (Fsp3) is 0.440. The molecule has 198 valence electrons. The monoisotopic (exact) mass is 553 g/mol. The minimum absolute atomic E-state index is 0. The number of amides is 1. The Morgan fingerprint density at radius 2 is 2.11 bits per heavy atom. The summed E-state index contributed by atoms with van der Waals surface area (Å²) in [7, 11) is -2.73. The summed E-state index contributed by atoms with van der Waals surface area (Å²) in [6, 6.07) is 8.11. The van der Waals surface area contributed by atoms with E-state index in [1.807, 2.05) is 6.07 Å². The molecule has 38 heavy (non-hydrogen) atoms. The molecule has 0 aliphatic carbocycles. The molecule has 2 aliphatic heterocycles. The van der Waals surface area contributed by atoms with Crippen molar-refractivity contribution < 1.29 is 56.6 Å². The van der Waals surface area contributed by atoms with Crippen LogP contribution < -0.4 is 39.2 Å². The van der Waals surface area contributed by atoms with Gasteiger partial charge in [-0.05, 0) is 43.2 Å². The average molecular weight is 554 g/mol. The topological polar surface area (TPSA) is 108 Å². The molecule has 0 saturated carbocycles. The second-order valence-electron chi connectivity index (χ2n) is 9.20. The Hall–Kier alpha value is -2.22. The number of pyridine rings is 1. The largest absolute Gasteiger partial charge is 1.00 e. The van der Waals surface area contributed by atoms with Crippen molar-refractivity contribution in [3.8, 4) is 5.75 Å². The normalized spacial score (nSPS) is 19.6. The van der Waals surface area contributed by atoms with Gasteiger partial charge in [-0.25, -0.2) is 21.6 Å². The van der Waals surface area contributed by atoms with Crippen LogP contribution in [0.5, 0.6) is 5.75 Å². The summed E-state index contributed by atoms with van der Waals surface area (Å²) < 4.78 is 56.6. The minimum atomic E-state index is -4.09. The van der Waals surface area contributed by atoms with E-state index in [1.54, 1.807) is 25.3 Å². The molecular weight excluding hydrogens is 524 g/mol. The number of hydrogen-bond acceptors (Lipinski definition) is 7. The first-order valence-electron chi connectivity index (χ1n) is 12.3. The van der Waals surface area contributed by atoms with Gasteiger partial charge < -0.3 is 23.9 Å². The first-order valence-corrected chi connectivity index (χ1v) is 13.7. The van der Waals surface area contributed by atoms with Crippen molar-refractivity contribution in [1.29, 1.82) is 0 Å². The number of rotatable bonds is 8. The van der Waals surface area contributed by atoms with Gasteiger partial charge in [0, 0.05) is 49.6 Å². The van der Waals surface area contributed by atoms with Crippen molar-refractivity contribution in [3.63, 3.8) is 0 Å². The second kappa shape index (κ2) is 11.9. The SMILES string of the molecule is CCN(C)S(=O)(=O)[N-]C(=O)c1cnn2ccc(N3CCC[C@@H]3c3cc(F)ccc3OC3CCOC3)cc12.[Na+]. The van der Waals surface area contributed by atoms with Crippen LogP contribution in [0.2, 0.25) is 0 Å². The van der Waals surface area contributed by atoms with Crippen molar-refractivity contribution in [2.75, 3.05) is 38.3 Å². The Kier molecular flexibility index (Phi) is 9.00. The molecule has 0 radical (unpaired) electrons. The Morgan fingerprint density at radius 3 is 2.84 bits per heavy atom. The standard InChI is InChI=1S/C25H30FN5O5S.Na/c1-3-29(2)37(33,34)28-25(32)21-15-27-31-11-8-18(14-23(21)31)30-10-4-5-22(30)20-13-17(26)6-7-24(20)36-19-9-12-35-16-19;/h6-8,11,13-15,19,22H,3-5,9-10,12,16H2,1-2H3,(H,28,32);/q;+1/p-1/t19?,22-;/m1./s1. The Labute approximate surface area is 243 Å². The third-order valence-electron chi connectivity index (χ3n) is 6.87. The van der Waals surface area contributed by atoms with Gasteiger partial charge in [-0.2, -0.15) is 5.10 Å². The Balaban J connectivity index is 0.00000336. The van der Waals surface area contributed by atoms with Gasteiger partial charge in [0.05, 0.1) is 36.9 Å². The molecule has 0 bridgehead atoms. The minimum Gasteiger partial charge on any atom is -0.528 e.